The number of rotatable bonds is 9. The van der Waals surface area contributed by atoms with Gasteiger partial charge in [-0.15, -0.1) is 0 Å². The average Bonchev–Trinajstić information content (AvgIpc) is 2.98. The molecule has 0 unspecified atom stereocenters. The highest BCUT2D eigenvalue weighted by molar-refractivity contribution is 5.81. The quantitative estimate of drug-likeness (QED) is 0.233. The molecule has 1 aliphatic heterocycles. The minimum absolute atomic E-state index is 0.00854. The van der Waals surface area contributed by atoms with Crippen molar-refractivity contribution in [3.8, 4) is 0 Å². The van der Waals surface area contributed by atoms with Crippen LogP contribution in [0.5, 0.6) is 0 Å². The van der Waals surface area contributed by atoms with E-state index in [2.05, 4.69) is 19.1 Å². The second-order valence-electron chi connectivity index (χ2n) is 7.94. The summed E-state index contributed by atoms with van der Waals surface area (Å²) in [7, 11) is 0. The zero-order valence-electron chi connectivity index (χ0n) is 16.1. The minimum Gasteiger partial charge on any atom is -0.462 e. The van der Waals surface area contributed by atoms with Gasteiger partial charge < -0.3 is 10.1 Å². The van der Waals surface area contributed by atoms with Crippen molar-refractivity contribution in [2.24, 2.45) is 11.8 Å². The van der Waals surface area contributed by atoms with Crippen molar-refractivity contribution in [2.45, 2.75) is 103 Å². The molecular weight excluding hydrogens is 310 g/mol. The Bertz CT molecular complexity index is 443. The van der Waals surface area contributed by atoms with Crippen LogP contribution in [-0.4, -0.2) is 17.8 Å². The van der Waals surface area contributed by atoms with Gasteiger partial charge in [0.05, 0.1) is 0 Å². The van der Waals surface area contributed by atoms with Gasteiger partial charge in [0.2, 0.25) is 0 Å². The van der Waals surface area contributed by atoms with Crippen LogP contribution in [0.25, 0.3) is 0 Å². The minimum atomic E-state index is -0.00854. The summed E-state index contributed by atoms with van der Waals surface area (Å²) < 4.78 is 5.76. The maximum Gasteiger partial charge on any atom is 0.306 e. The molecule has 1 saturated carbocycles. The highest BCUT2D eigenvalue weighted by atomic mass is 16.5. The van der Waals surface area contributed by atoms with Crippen LogP contribution in [0.1, 0.15) is 96.8 Å². The zero-order chi connectivity index (χ0) is 17.9. The van der Waals surface area contributed by atoms with Gasteiger partial charge in [0, 0.05) is 18.1 Å². The average molecular weight is 348 g/mol. The lowest BCUT2D eigenvalue weighted by Gasteiger charge is -2.24. The number of hydrogen-bond donors (Lipinski definition) is 1. The van der Waals surface area contributed by atoms with Crippen molar-refractivity contribution in [3.63, 3.8) is 0 Å². The zero-order valence-corrected chi connectivity index (χ0v) is 16.1. The van der Waals surface area contributed by atoms with E-state index in [0.717, 1.165) is 57.1 Å². The van der Waals surface area contributed by atoms with Gasteiger partial charge >= 0.3 is 5.97 Å². The topological polar surface area (TPSA) is 50.1 Å². The van der Waals surface area contributed by atoms with Gasteiger partial charge in [-0.3, -0.25) is 4.79 Å². The standard InChI is InChI=1S/C22H37NO2/c1-2-3-4-5-8-11-19(23)16-14-18-15-17-21-20(18)12-9-6-7-10-13-22(24)25-21/h6,9,18,20-21,23H,2-5,7-8,10-17H2,1H3/b9-6-,23-19?/t18-,20+,21-/m0/s1. The normalized spacial score (nSPS) is 28.2. The largest absolute Gasteiger partial charge is 0.462 e. The van der Waals surface area contributed by atoms with Gasteiger partial charge in [0.25, 0.3) is 0 Å². The van der Waals surface area contributed by atoms with Crippen LogP contribution in [-0.2, 0) is 9.53 Å². The number of unbranched alkanes of at least 4 members (excludes halogenated alkanes) is 4. The van der Waals surface area contributed by atoms with Gasteiger partial charge in [-0.05, 0) is 63.7 Å². The van der Waals surface area contributed by atoms with E-state index in [1.54, 1.807) is 0 Å². The van der Waals surface area contributed by atoms with Gasteiger partial charge in [-0.2, -0.15) is 0 Å². The molecule has 0 aromatic carbocycles. The first-order chi connectivity index (χ1) is 12.2. The molecule has 1 fully saturated rings. The number of carbonyl (C=O) groups is 1. The predicted octanol–water partition coefficient (Wildman–Crippen LogP) is 6.22. The van der Waals surface area contributed by atoms with Gasteiger partial charge in [-0.1, -0.05) is 44.8 Å². The van der Waals surface area contributed by atoms with Gasteiger partial charge in [0.15, 0.2) is 0 Å². The SMILES string of the molecule is CCCCCCCC(=N)CC[C@H]1CC[C@@H]2OC(=O)CCC/C=C\C[C@H]12. The fourth-order valence-electron chi connectivity index (χ4n) is 4.35. The molecule has 1 heterocycles. The molecule has 1 aliphatic carbocycles. The lowest BCUT2D eigenvalue weighted by atomic mass is 9.86. The van der Waals surface area contributed by atoms with E-state index in [1.165, 1.54) is 32.1 Å². The lowest BCUT2D eigenvalue weighted by molar-refractivity contribution is -0.151. The predicted molar refractivity (Wildman–Crippen MR) is 104 cm³/mol. The lowest BCUT2D eigenvalue weighted by Crippen LogP contribution is -2.25. The van der Waals surface area contributed by atoms with Crippen molar-refractivity contribution in [2.75, 3.05) is 0 Å². The highest BCUT2D eigenvalue weighted by Crippen LogP contribution is 2.40. The van der Waals surface area contributed by atoms with Crippen LogP contribution in [0.2, 0.25) is 0 Å². The van der Waals surface area contributed by atoms with Crippen molar-refractivity contribution in [3.05, 3.63) is 12.2 Å². The summed E-state index contributed by atoms with van der Waals surface area (Å²) in [5.74, 6) is 1.07. The number of carbonyl (C=O) groups excluding carboxylic acids is 1. The molecule has 1 N–H and O–H groups in total. The second-order valence-corrected chi connectivity index (χ2v) is 7.94. The molecule has 3 heteroatoms. The smallest absolute Gasteiger partial charge is 0.306 e. The maximum atomic E-state index is 11.9. The molecule has 0 aromatic heterocycles. The van der Waals surface area contributed by atoms with E-state index >= 15 is 0 Å². The Kier molecular flexibility index (Phi) is 9.28. The second kappa shape index (κ2) is 11.5. The van der Waals surface area contributed by atoms with Crippen LogP contribution in [0, 0.1) is 17.2 Å². The van der Waals surface area contributed by atoms with Crippen molar-refractivity contribution < 1.29 is 9.53 Å². The Morgan fingerprint density at radius 1 is 1.16 bits per heavy atom. The maximum absolute atomic E-state index is 11.9. The van der Waals surface area contributed by atoms with Crippen LogP contribution < -0.4 is 0 Å². The molecule has 3 atom stereocenters. The van der Waals surface area contributed by atoms with E-state index in [0.29, 0.717) is 18.3 Å². The van der Waals surface area contributed by atoms with E-state index in [9.17, 15) is 4.79 Å². The molecule has 25 heavy (non-hydrogen) atoms. The first kappa shape index (κ1) is 20.2. The fourth-order valence-corrected chi connectivity index (χ4v) is 4.35. The molecule has 0 aromatic rings. The molecule has 142 valence electrons. The van der Waals surface area contributed by atoms with Crippen LogP contribution >= 0.6 is 0 Å². The van der Waals surface area contributed by atoms with E-state index in [1.807, 2.05) is 0 Å². The fraction of sp³-hybridized carbons (Fsp3) is 0.818. The van der Waals surface area contributed by atoms with E-state index < -0.39 is 0 Å². The summed E-state index contributed by atoms with van der Waals surface area (Å²) in [4.78, 5) is 11.9. The van der Waals surface area contributed by atoms with Crippen molar-refractivity contribution in [1.82, 2.24) is 0 Å². The Morgan fingerprint density at radius 3 is 2.84 bits per heavy atom. The Hall–Kier alpha value is -1.12. The number of esters is 1. The first-order valence-corrected chi connectivity index (χ1v) is 10.6. The van der Waals surface area contributed by atoms with Crippen LogP contribution in [0.4, 0.5) is 0 Å². The highest BCUT2D eigenvalue weighted by Gasteiger charge is 2.37. The Labute approximate surface area is 154 Å². The number of ether oxygens (including phenoxy) is 1. The molecule has 0 amide bonds. The summed E-state index contributed by atoms with van der Waals surface area (Å²) in [6.45, 7) is 2.24. The van der Waals surface area contributed by atoms with Crippen LogP contribution in [0.15, 0.2) is 12.2 Å². The number of hydrogen-bond acceptors (Lipinski definition) is 3. The molecule has 0 bridgehead atoms. The molecular formula is C22H37NO2. The van der Waals surface area contributed by atoms with Gasteiger partial charge in [-0.25, -0.2) is 0 Å². The first-order valence-electron chi connectivity index (χ1n) is 10.6. The van der Waals surface area contributed by atoms with E-state index in [-0.39, 0.29) is 12.1 Å². The summed E-state index contributed by atoms with van der Waals surface area (Å²) in [6, 6.07) is 0. The molecule has 0 saturated heterocycles. The number of nitrogens with one attached hydrogen (secondary N) is 1. The molecule has 2 rings (SSSR count). The summed E-state index contributed by atoms with van der Waals surface area (Å²) in [6.07, 6.45) is 19.7. The third kappa shape index (κ3) is 7.33. The Morgan fingerprint density at radius 2 is 2.00 bits per heavy atom. The monoisotopic (exact) mass is 347 g/mol. The molecule has 3 nitrogen and oxygen atoms in total. The summed E-state index contributed by atoms with van der Waals surface area (Å²) in [5, 5.41) is 8.24. The molecule has 2 aliphatic rings. The van der Waals surface area contributed by atoms with Crippen molar-refractivity contribution >= 4 is 11.7 Å². The summed E-state index contributed by atoms with van der Waals surface area (Å²) >= 11 is 0. The van der Waals surface area contributed by atoms with E-state index in [4.69, 9.17) is 10.1 Å². The van der Waals surface area contributed by atoms with Crippen molar-refractivity contribution in [1.29, 1.82) is 5.41 Å². The third-order valence-electron chi connectivity index (χ3n) is 5.91. The van der Waals surface area contributed by atoms with Gasteiger partial charge in [0.1, 0.15) is 6.10 Å². The Balaban J connectivity index is 1.74. The number of fused-ring (bicyclic) bond motifs is 1. The number of allylic oxidation sites excluding steroid dienone is 2. The summed E-state index contributed by atoms with van der Waals surface area (Å²) in [5.41, 5.74) is 0.923. The molecule has 0 radical (unpaired) electrons. The van der Waals surface area contributed by atoms with Crippen LogP contribution in [0.3, 0.4) is 0 Å². The third-order valence-corrected chi connectivity index (χ3v) is 5.91. The molecule has 0 spiro atoms.